The van der Waals surface area contributed by atoms with E-state index < -0.39 is 5.97 Å². The van der Waals surface area contributed by atoms with Crippen LogP contribution in [0.5, 0.6) is 0 Å². The Hall–Kier alpha value is -1.10. The molecule has 0 aromatic rings. The van der Waals surface area contributed by atoms with Crippen LogP contribution in [0.4, 0.5) is 0 Å². The van der Waals surface area contributed by atoms with Crippen LogP contribution >= 0.6 is 0 Å². The van der Waals surface area contributed by atoms with Crippen molar-refractivity contribution in [3.63, 3.8) is 0 Å². The molecule has 2 N–H and O–H groups in total. The summed E-state index contributed by atoms with van der Waals surface area (Å²) in [7, 11) is 0. The number of aliphatic carboxylic acids is 1. The summed E-state index contributed by atoms with van der Waals surface area (Å²) < 4.78 is 0. The lowest BCUT2D eigenvalue weighted by atomic mass is 9.75. The van der Waals surface area contributed by atoms with E-state index >= 15 is 0 Å². The molecule has 3 atom stereocenters. The lowest BCUT2D eigenvalue weighted by Gasteiger charge is -2.40. The minimum absolute atomic E-state index is 0.0525. The van der Waals surface area contributed by atoms with Crippen molar-refractivity contribution in [2.45, 2.75) is 57.5 Å². The first kappa shape index (κ1) is 13.9. The predicted octanol–water partition coefficient (Wildman–Crippen LogP) is 1.23. The molecule has 5 nitrogen and oxygen atoms in total. The van der Waals surface area contributed by atoms with E-state index in [-0.39, 0.29) is 29.3 Å². The largest absolute Gasteiger partial charge is 0.481 e. The molecule has 3 heterocycles. The molecule has 0 aromatic carbocycles. The molecule has 3 aliphatic rings. The van der Waals surface area contributed by atoms with Gasteiger partial charge in [-0.3, -0.25) is 9.59 Å². The highest BCUT2D eigenvalue weighted by Gasteiger charge is 2.54. The van der Waals surface area contributed by atoms with Crippen molar-refractivity contribution in [1.82, 2.24) is 10.2 Å². The highest BCUT2D eigenvalue weighted by molar-refractivity contribution is 5.85. The Morgan fingerprint density at radius 1 is 1.30 bits per heavy atom. The summed E-state index contributed by atoms with van der Waals surface area (Å²) in [6, 6.07) is 0.121. The Labute approximate surface area is 119 Å². The fourth-order valence-electron chi connectivity index (χ4n) is 4.47. The Morgan fingerprint density at radius 2 is 2.00 bits per heavy atom. The number of nitrogens with zero attached hydrogens (tertiary/aromatic N) is 1. The summed E-state index contributed by atoms with van der Waals surface area (Å²) in [5.74, 6) is -0.836. The minimum Gasteiger partial charge on any atom is -0.481 e. The van der Waals surface area contributed by atoms with Crippen molar-refractivity contribution in [3.8, 4) is 0 Å². The summed E-state index contributed by atoms with van der Waals surface area (Å²) in [5.41, 5.74) is -0.251. The number of carbonyl (C=O) groups excluding carboxylic acids is 1. The Morgan fingerprint density at radius 3 is 2.55 bits per heavy atom. The second kappa shape index (κ2) is 5.02. The van der Waals surface area contributed by atoms with Gasteiger partial charge >= 0.3 is 5.97 Å². The zero-order chi connectivity index (χ0) is 14.3. The molecule has 1 amide bonds. The van der Waals surface area contributed by atoms with Crippen LogP contribution < -0.4 is 5.32 Å². The van der Waals surface area contributed by atoms with Crippen molar-refractivity contribution in [2.24, 2.45) is 11.3 Å². The fourth-order valence-corrected chi connectivity index (χ4v) is 4.47. The van der Waals surface area contributed by atoms with Crippen LogP contribution in [0.2, 0.25) is 0 Å². The molecule has 0 spiro atoms. The van der Waals surface area contributed by atoms with E-state index in [1.807, 2.05) is 4.90 Å². The zero-order valence-electron chi connectivity index (χ0n) is 12.1. The quantitative estimate of drug-likeness (QED) is 0.816. The number of piperidine rings is 1. The van der Waals surface area contributed by atoms with E-state index in [4.69, 9.17) is 0 Å². The number of amides is 1. The van der Waals surface area contributed by atoms with Gasteiger partial charge in [0.15, 0.2) is 0 Å². The molecule has 20 heavy (non-hydrogen) atoms. The van der Waals surface area contributed by atoms with Gasteiger partial charge in [-0.1, -0.05) is 6.92 Å². The average molecular weight is 280 g/mol. The number of carbonyl (C=O) groups is 2. The van der Waals surface area contributed by atoms with Gasteiger partial charge in [-0.05, 0) is 51.6 Å². The van der Waals surface area contributed by atoms with E-state index in [2.05, 4.69) is 12.2 Å². The van der Waals surface area contributed by atoms with Crippen LogP contribution in [0, 0.1) is 11.3 Å². The normalized spacial score (nSPS) is 35.2. The Balaban J connectivity index is 1.82. The van der Waals surface area contributed by atoms with Crippen LogP contribution in [0.3, 0.4) is 0 Å². The minimum atomic E-state index is -0.731. The maximum atomic E-state index is 13.1. The highest BCUT2D eigenvalue weighted by atomic mass is 16.4. The number of rotatable bonds is 3. The molecule has 0 radical (unpaired) electrons. The van der Waals surface area contributed by atoms with Crippen molar-refractivity contribution in [1.29, 1.82) is 0 Å². The van der Waals surface area contributed by atoms with E-state index in [0.717, 1.165) is 45.2 Å². The molecule has 0 aromatic heterocycles. The van der Waals surface area contributed by atoms with Crippen LogP contribution in [-0.2, 0) is 9.59 Å². The standard InChI is InChI=1S/C15H24N2O3/c1-2-15(5-7-16-8-6-15)14(20)17-10-3-4-12(17)11(9-10)13(18)19/h10-12,16H,2-9H2,1H3,(H,18,19). The highest BCUT2D eigenvalue weighted by Crippen LogP contribution is 2.46. The van der Waals surface area contributed by atoms with Crippen LogP contribution in [0.25, 0.3) is 0 Å². The molecule has 0 aliphatic carbocycles. The molecule has 3 saturated heterocycles. The van der Waals surface area contributed by atoms with Crippen LogP contribution in [0.1, 0.15) is 45.4 Å². The van der Waals surface area contributed by atoms with E-state index in [1.165, 1.54) is 0 Å². The Kier molecular flexibility index (Phi) is 3.48. The summed E-state index contributed by atoms with van der Waals surface area (Å²) >= 11 is 0. The van der Waals surface area contributed by atoms with Gasteiger partial charge in [0.1, 0.15) is 0 Å². The molecule has 3 aliphatic heterocycles. The second-order valence-corrected chi connectivity index (χ2v) is 6.58. The molecule has 3 fully saturated rings. The van der Waals surface area contributed by atoms with Gasteiger partial charge in [0.2, 0.25) is 5.91 Å². The van der Waals surface area contributed by atoms with E-state index in [9.17, 15) is 14.7 Å². The molecule has 3 rings (SSSR count). The van der Waals surface area contributed by atoms with Crippen molar-refractivity contribution in [3.05, 3.63) is 0 Å². The summed E-state index contributed by atoms with van der Waals surface area (Å²) in [6.07, 6.45) is 5.14. The number of fused-ring (bicyclic) bond motifs is 2. The molecule has 5 heteroatoms. The number of hydrogen-bond donors (Lipinski definition) is 2. The summed E-state index contributed by atoms with van der Waals surface area (Å²) in [5, 5.41) is 12.6. The van der Waals surface area contributed by atoms with Gasteiger partial charge in [0.25, 0.3) is 0 Å². The smallest absolute Gasteiger partial charge is 0.308 e. The molecular formula is C15H24N2O3. The lowest BCUT2D eigenvalue weighted by molar-refractivity contribution is -0.147. The summed E-state index contributed by atoms with van der Waals surface area (Å²) in [6.45, 7) is 3.88. The number of hydrogen-bond acceptors (Lipinski definition) is 3. The van der Waals surface area contributed by atoms with E-state index in [1.54, 1.807) is 0 Å². The second-order valence-electron chi connectivity index (χ2n) is 6.58. The topological polar surface area (TPSA) is 69.6 Å². The van der Waals surface area contributed by atoms with E-state index in [0.29, 0.717) is 6.42 Å². The van der Waals surface area contributed by atoms with Crippen molar-refractivity contribution < 1.29 is 14.7 Å². The van der Waals surface area contributed by atoms with Gasteiger partial charge < -0.3 is 15.3 Å². The molecular weight excluding hydrogens is 256 g/mol. The fraction of sp³-hybridized carbons (Fsp3) is 0.867. The van der Waals surface area contributed by atoms with Gasteiger partial charge in [0.05, 0.1) is 11.3 Å². The Bertz CT molecular complexity index is 417. The van der Waals surface area contributed by atoms with Crippen LogP contribution in [0.15, 0.2) is 0 Å². The third-order valence-electron chi connectivity index (χ3n) is 5.78. The number of carboxylic acid groups (broad SMARTS) is 1. The molecule has 3 unspecified atom stereocenters. The predicted molar refractivity (Wildman–Crippen MR) is 74.2 cm³/mol. The zero-order valence-corrected chi connectivity index (χ0v) is 12.1. The first-order chi connectivity index (χ1) is 9.59. The average Bonchev–Trinajstić information content (AvgIpc) is 3.04. The maximum absolute atomic E-state index is 13.1. The monoisotopic (exact) mass is 280 g/mol. The maximum Gasteiger partial charge on any atom is 0.308 e. The number of carboxylic acids is 1. The molecule has 112 valence electrons. The lowest BCUT2D eigenvalue weighted by Crippen LogP contribution is -2.51. The van der Waals surface area contributed by atoms with Crippen LogP contribution in [-0.4, -0.2) is 47.1 Å². The van der Waals surface area contributed by atoms with Gasteiger partial charge in [-0.25, -0.2) is 0 Å². The number of nitrogens with one attached hydrogen (secondary N) is 1. The third-order valence-corrected chi connectivity index (χ3v) is 5.78. The molecule has 2 bridgehead atoms. The first-order valence-electron chi connectivity index (χ1n) is 7.85. The first-order valence-corrected chi connectivity index (χ1v) is 7.85. The molecule has 0 saturated carbocycles. The van der Waals surface area contributed by atoms with Gasteiger partial charge in [-0.2, -0.15) is 0 Å². The van der Waals surface area contributed by atoms with Crippen molar-refractivity contribution in [2.75, 3.05) is 13.1 Å². The third kappa shape index (κ3) is 1.94. The van der Waals surface area contributed by atoms with Gasteiger partial charge in [0, 0.05) is 12.1 Å². The van der Waals surface area contributed by atoms with Gasteiger partial charge in [-0.15, -0.1) is 0 Å². The SMILES string of the molecule is CCC1(C(=O)N2C3CCC2C(C(=O)O)C3)CCNCC1. The summed E-state index contributed by atoms with van der Waals surface area (Å²) in [4.78, 5) is 26.4. The van der Waals surface area contributed by atoms with Crippen molar-refractivity contribution >= 4 is 11.9 Å².